The Labute approximate surface area is 136 Å². The lowest BCUT2D eigenvalue weighted by atomic mass is 9.76. The van der Waals surface area contributed by atoms with Crippen LogP contribution in [0.1, 0.15) is 24.2 Å². The number of carbonyl (C=O) groups is 1. The summed E-state index contributed by atoms with van der Waals surface area (Å²) in [6.45, 7) is 3.69. The summed E-state index contributed by atoms with van der Waals surface area (Å²) in [5.74, 6) is 0.825. The molecule has 1 aliphatic heterocycles. The normalized spacial score (nSPS) is 21.1. The summed E-state index contributed by atoms with van der Waals surface area (Å²) >= 11 is 0. The Morgan fingerprint density at radius 2 is 2.17 bits per heavy atom. The minimum absolute atomic E-state index is 0.0676. The number of hydrogen-bond acceptors (Lipinski definition) is 4. The van der Waals surface area contributed by atoms with Gasteiger partial charge in [-0.05, 0) is 26.3 Å². The third kappa shape index (κ3) is 3.29. The predicted octanol–water partition coefficient (Wildman–Crippen LogP) is 2.31. The molecule has 2 heterocycles. The van der Waals surface area contributed by atoms with Crippen molar-refractivity contribution in [1.29, 1.82) is 0 Å². The monoisotopic (exact) mass is 313 g/mol. The van der Waals surface area contributed by atoms with Crippen LogP contribution in [0.25, 0.3) is 11.3 Å². The first-order valence-electron chi connectivity index (χ1n) is 8.08. The first-order valence-corrected chi connectivity index (χ1v) is 8.08. The Kier molecular flexibility index (Phi) is 4.48. The van der Waals surface area contributed by atoms with Gasteiger partial charge in [0.2, 0.25) is 5.91 Å². The van der Waals surface area contributed by atoms with Crippen molar-refractivity contribution in [3.8, 4) is 11.3 Å². The van der Waals surface area contributed by atoms with Gasteiger partial charge in [-0.25, -0.2) is 0 Å². The molecule has 0 saturated carbocycles. The van der Waals surface area contributed by atoms with Crippen LogP contribution in [0.2, 0.25) is 0 Å². The zero-order chi connectivity index (χ0) is 16.3. The summed E-state index contributed by atoms with van der Waals surface area (Å²) in [7, 11) is 1.69. The quantitative estimate of drug-likeness (QED) is 0.909. The van der Waals surface area contributed by atoms with Crippen LogP contribution in [0, 0.1) is 12.3 Å². The van der Waals surface area contributed by atoms with Gasteiger partial charge in [0, 0.05) is 31.6 Å². The molecule has 23 heavy (non-hydrogen) atoms. The fourth-order valence-electron chi connectivity index (χ4n) is 3.25. The van der Waals surface area contributed by atoms with Crippen LogP contribution >= 0.6 is 0 Å². The second kappa shape index (κ2) is 6.54. The molecular formula is C18H23N3O2. The molecule has 2 N–H and O–H groups in total. The number of rotatable bonds is 4. The molecule has 122 valence electrons. The Bertz CT molecular complexity index is 670. The Morgan fingerprint density at radius 3 is 2.83 bits per heavy atom. The van der Waals surface area contributed by atoms with Crippen molar-refractivity contribution in [2.75, 3.05) is 20.1 Å². The van der Waals surface area contributed by atoms with Gasteiger partial charge in [0.05, 0.1) is 5.41 Å². The van der Waals surface area contributed by atoms with E-state index in [-0.39, 0.29) is 5.91 Å². The van der Waals surface area contributed by atoms with E-state index in [9.17, 15) is 4.79 Å². The van der Waals surface area contributed by atoms with Gasteiger partial charge in [0.1, 0.15) is 11.5 Å². The standard InChI is InChI=1S/C18H23N3O2/c1-13-4-6-14(7-5-13)16-10-15(23-21-16)11-18(17(22)19-2)8-3-9-20-12-18/h4-7,10,20H,3,8-9,11-12H2,1-2H3,(H,19,22)/t18-/m0/s1. The molecular weight excluding hydrogens is 290 g/mol. The molecule has 5 nitrogen and oxygen atoms in total. The number of nitrogens with one attached hydrogen (secondary N) is 2. The van der Waals surface area contributed by atoms with E-state index in [2.05, 4.69) is 34.8 Å². The van der Waals surface area contributed by atoms with E-state index < -0.39 is 5.41 Å². The van der Waals surface area contributed by atoms with E-state index >= 15 is 0 Å². The van der Waals surface area contributed by atoms with Gasteiger partial charge in [0.15, 0.2) is 0 Å². The lowest BCUT2D eigenvalue weighted by molar-refractivity contribution is -0.131. The number of hydrogen-bond donors (Lipinski definition) is 2. The number of nitrogens with zero attached hydrogens (tertiary/aromatic N) is 1. The number of carbonyl (C=O) groups excluding carboxylic acids is 1. The molecule has 1 aromatic carbocycles. The molecule has 1 aromatic heterocycles. The van der Waals surface area contributed by atoms with Crippen LogP contribution in [-0.4, -0.2) is 31.2 Å². The van der Waals surface area contributed by atoms with E-state index in [1.54, 1.807) is 7.05 Å². The average molecular weight is 313 g/mol. The number of aromatic nitrogens is 1. The Balaban J connectivity index is 1.81. The maximum atomic E-state index is 12.4. The van der Waals surface area contributed by atoms with Gasteiger partial charge in [-0.1, -0.05) is 35.0 Å². The van der Waals surface area contributed by atoms with Crippen molar-refractivity contribution in [2.24, 2.45) is 5.41 Å². The Hall–Kier alpha value is -2.14. The van der Waals surface area contributed by atoms with Gasteiger partial charge in [-0.15, -0.1) is 0 Å². The molecule has 0 unspecified atom stereocenters. The maximum absolute atomic E-state index is 12.4. The molecule has 1 aliphatic rings. The lowest BCUT2D eigenvalue weighted by Crippen LogP contribution is -2.51. The Morgan fingerprint density at radius 1 is 1.39 bits per heavy atom. The van der Waals surface area contributed by atoms with Gasteiger partial charge >= 0.3 is 0 Å². The fourth-order valence-corrected chi connectivity index (χ4v) is 3.25. The second-order valence-corrected chi connectivity index (χ2v) is 6.36. The predicted molar refractivity (Wildman–Crippen MR) is 89.0 cm³/mol. The molecule has 1 atom stereocenters. The van der Waals surface area contributed by atoms with Gasteiger partial charge in [-0.3, -0.25) is 4.79 Å². The van der Waals surface area contributed by atoms with Crippen LogP contribution in [0.15, 0.2) is 34.9 Å². The van der Waals surface area contributed by atoms with Crippen LogP contribution < -0.4 is 10.6 Å². The highest BCUT2D eigenvalue weighted by Crippen LogP contribution is 2.32. The molecule has 1 fully saturated rings. The molecule has 3 rings (SSSR count). The first-order chi connectivity index (χ1) is 11.1. The van der Waals surface area contributed by atoms with Gasteiger partial charge in [-0.2, -0.15) is 0 Å². The largest absolute Gasteiger partial charge is 0.361 e. The smallest absolute Gasteiger partial charge is 0.227 e. The third-order valence-electron chi connectivity index (χ3n) is 4.60. The summed E-state index contributed by atoms with van der Waals surface area (Å²) in [5, 5.41) is 10.3. The van der Waals surface area contributed by atoms with Crippen molar-refractivity contribution < 1.29 is 9.32 Å². The van der Waals surface area contributed by atoms with Crippen molar-refractivity contribution in [3.63, 3.8) is 0 Å². The molecule has 1 saturated heterocycles. The molecule has 0 bridgehead atoms. The van der Waals surface area contributed by atoms with E-state index in [1.165, 1.54) is 5.56 Å². The van der Waals surface area contributed by atoms with Crippen LogP contribution in [0.3, 0.4) is 0 Å². The van der Waals surface area contributed by atoms with Gasteiger partial charge < -0.3 is 15.2 Å². The minimum atomic E-state index is -0.447. The number of amides is 1. The minimum Gasteiger partial charge on any atom is -0.361 e. The highest BCUT2D eigenvalue weighted by atomic mass is 16.5. The van der Waals surface area contributed by atoms with Crippen LogP contribution in [-0.2, 0) is 11.2 Å². The number of aryl methyl sites for hydroxylation is 1. The lowest BCUT2D eigenvalue weighted by Gasteiger charge is -2.35. The van der Waals surface area contributed by atoms with Crippen molar-refractivity contribution in [1.82, 2.24) is 15.8 Å². The van der Waals surface area contributed by atoms with Crippen molar-refractivity contribution >= 4 is 5.91 Å². The number of benzene rings is 1. The highest BCUT2D eigenvalue weighted by Gasteiger charge is 2.40. The molecule has 0 spiro atoms. The average Bonchev–Trinajstić information content (AvgIpc) is 3.04. The second-order valence-electron chi connectivity index (χ2n) is 6.36. The van der Waals surface area contributed by atoms with E-state index in [4.69, 9.17) is 4.52 Å². The summed E-state index contributed by atoms with van der Waals surface area (Å²) in [6.07, 6.45) is 2.42. The summed E-state index contributed by atoms with van der Waals surface area (Å²) in [6, 6.07) is 10.1. The van der Waals surface area contributed by atoms with Crippen molar-refractivity contribution in [2.45, 2.75) is 26.2 Å². The highest BCUT2D eigenvalue weighted by molar-refractivity contribution is 5.83. The molecule has 1 amide bonds. The fraction of sp³-hybridized carbons (Fsp3) is 0.444. The van der Waals surface area contributed by atoms with E-state index in [0.717, 1.165) is 36.4 Å². The molecule has 0 aliphatic carbocycles. The van der Waals surface area contributed by atoms with E-state index in [0.29, 0.717) is 13.0 Å². The summed E-state index contributed by atoms with van der Waals surface area (Å²) in [5.41, 5.74) is 2.61. The zero-order valence-electron chi connectivity index (χ0n) is 13.7. The SMILES string of the molecule is CNC(=O)[C@]1(Cc2cc(-c3ccc(C)cc3)no2)CCCNC1. The van der Waals surface area contributed by atoms with Crippen LogP contribution in [0.4, 0.5) is 0 Å². The maximum Gasteiger partial charge on any atom is 0.227 e. The number of piperidine rings is 1. The van der Waals surface area contributed by atoms with Crippen LogP contribution in [0.5, 0.6) is 0 Å². The summed E-state index contributed by atoms with van der Waals surface area (Å²) in [4.78, 5) is 12.4. The van der Waals surface area contributed by atoms with Gasteiger partial charge in [0.25, 0.3) is 0 Å². The molecule has 0 radical (unpaired) electrons. The topological polar surface area (TPSA) is 67.2 Å². The molecule has 2 aromatic rings. The van der Waals surface area contributed by atoms with E-state index in [1.807, 2.05) is 18.2 Å². The first kappa shape index (κ1) is 15.7. The molecule has 5 heteroatoms. The van der Waals surface area contributed by atoms with Crippen molar-refractivity contribution in [3.05, 3.63) is 41.7 Å². The zero-order valence-corrected chi connectivity index (χ0v) is 13.7. The third-order valence-corrected chi connectivity index (χ3v) is 4.60. The summed E-state index contributed by atoms with van der Waals surface area (Å²) < 4.78 is 5.51.